The highest BCUT2D eigenvalue weighted by Crippen LogP contribution is 2.13. The summed E-state index contributed by atoms with van der Waals surface area (Å²) in [5, 5.41) is 20.7. The van der Waals surface area contributed by atoms with E-state index >= 15 is 0 Å². The summed E-state index contributed by atoms with van der Waals surface area (Å²) in [6.07, 6.45) is 3.20. The number of carbonyl (C=O) groups is 2. The van der Waals surface area contributed by atoms with Gasteiger partial charge in [-0.1, -0.05) is 12.8 Å². The Morgan fingerprint density at radius 2 is 0.912 bits per heavy atom. The molecular formula is C20H28N6O6S2. The Bertz CT molecular complexity index is 1090. The second-order valence-corrected chi connectivity index (χ2v) is 10.4. The van der Waals surface area contributed by atoms with E-state index in [0.717, 1.165) is 25.7 Å². The van der Waals surface area contributed by atoms with Crippen molar-refractivity contribution < 1.29 is 26.4 Å². The average molecular weight is 513 g/mol. The molecule has 0 spiro atoms. The Kier molecular flexibility index (Phi) is 9.80. The molecule has 0 atom stereocenters. The lowest BCUT2D eigenvalue weighted by Crippen LogP contribution is -2.30. The fourth-order valence-corrected chi connectivity index (χ4v) is 3.84. The maximum absolute atomic E-state index is 11.9. The van der Waals surface area contributed by atoms with Gasteiger partial charge in [0, 0.05) is 24.5 Å². The molecule has 2 rings (SSSR count). The van der Waals surface area contributed by atoms with E-state index in [1.807, 2.05) is 0 Å². The standard InChI is InChI=1S/C20H28N6O6S2/c21-33(29,30)17-9-5-15(6-10-17)25-19(27)23-13-3-1-2-4-14-24-20(28)26-16-7-11-18(12-8-16)34(22,31)32/h5-12H,1-4,13-14H2,(H2,21,29,30)(H2,22,31,32)(H2,23,25,27)(H2,24,26,28). The Morgan fingerprint density at radius 3 is 1.21 bits per heavy atom. The number of nitrogens with one attached hydrogen (secondary N) is 4. The van der Waals surface area contributed by atoms with Gasteiger partial charge in [-0.3, -0.25) is 0 Å². The van der Waals surface area contributed by atoms with Crippen LogP contribution >= 0.6 is 0 Å². The lowest BCUT2D eigenvalue weighted by atomic mass is 10.2. The molecule has 14 heteroatoms. The van der Waals surface area contributed by atoms with Crippen LogP contribution in [0.5, 0.6) is 0 Å². The van der Waals surface area contributed by atoms with Gasteiger partial charge in [-0.15, -0.1) is 0 Å². The van der Waals surface area contributed by atoms with E-state index in [4.69, 9.17) is 10.3 Å². The first kappa shape index (κ1) is 27.0. The molecule has 0 radical (unpaired) electrons. The van der Waals surface area contributed by atoms with Crippen LogP contribution in [0.2, 0.25) is 0 Å². The summed E-state index contributed by atoms with van der Waals surface area (Å²) in [5.41, 5.74) is 0.879. The number of hydrogen-bond donors (Lipinski definition) is 6. The summed E-state index contributed by atoms with van der Waals surface area (Å²) in [4.78, 5) is 23.7. The zero-order valence-corrected chi connectivity index (χ0v) is 19.9. The van der Waals surface area contributed by atoms with Gasteiger partial charge >= 0.3 is 12.1 Å². The fraction of sp³-hybridized carbons (Fsp3) is 0.300. The van der Waals surface area contributed by atoms with E-state index in [9.17, 15) is 26.4 Å². The number of urea groups is 2. The third-order valence-corrected chi connectivity index (χ3v) is 6.41. The first-order valence-electron chi connectivity index (χ1n) is 10.3. The smallest absolute Gasteiger partial charge is 0.319 e. The summed E-state index contributed by atoms with van der Waals surface area (Å²) >= 11 is 0. The van der Waals surface area contributed by atoms with Crippen molar-refractivity contribution in [1.82, 2.24) is 10.6 Å². The van der Waals surface area contributed by atoms with Crippen LogP contribution in [-0.4, -0.2) is 42.0 Å². The van der Waals surface area contributed by atoms with Gasteiger partial charge in [0.1, 0.15) is 0 Å². The van der Waals surface area contributed by atoms with E-state index < -0.39 is 32.1 Å². The zero-order chi connectivity index (χ0) is 25.2. The molecule has 4 amide bonds. The van der Waals surface area contributed by atoms with Gasteiger partial charge in [0.05, 0.1) is 9.79 Å². The van der Waals surface area contributed by atoms with Crippen LogP contribution in [0, 0.1) is 0 Å². The number of hydrogen-bond acceptors (Lipinski definition) is 6. The Balaban J connectivity index is 1.53. The van der Waals surface area contributed by atoms with E-state index in [0.29, 0.717) is 24.5 Å². The van der Waals surface area contributed by atoms with Gasteiger partial charge in [-0.05, 0) is 61.4 Å². The van der Waals surface area contributed by atoms with Crippen molar-refractivity contribution in [1.29, 1.82) is 0 Å². The third kappa shape index (κ3) is 9.74. The Morgan fingerprint density at radius 1 is 0.588 bits per heavy atom. The first-order valence-corrected chi connectivity index (χ1v) is 13.4. The second-order valence-electron chi connectivity index (χ2n) is 7.31. The second kappa shape index (κ2) is 12.3. The molecule has 2 aromatic rings. The van der Waals surface area contributed by atoms with E-state index in [-0.39, 0.29) is 9.79 Å². The summed E-state index contributed by atoms with van der Waals surface area (Å²) in [5.74, 6) is 0. The molecule has 0 aliphatic heterocycles. The monoisotopic (exact) mass is 512 g/mol. The molecule has 8 N–H and O–H groups in total. The lowest BCUT2D eigenvalue weighted by molar-refractivity contribution is 0.250. The molecule has 0 bridgehead atoms. The van der Waals surface area contributed by atoms with Gasteiger partial charge in [0.15, 0.2) is 0 Å². The minimum absolute atomic E-state index is 0.0378. The van der Waals surface area contributed by atoms with Gasteiger partial charge in [0.25, 0.3) is 0 Å². The summed E-state index contributed by atoms with van der Waals surface area (Å²) in [7, 11) is -7.56. The summed E-state index contributed by atoms with van der Waals surface area (Å²) in [6, 6.07) is 10.2. The summed E-state index contributed by atoms with van der Waals surface area (Å²) in [6.45, 7) is 0.924. The third-order valence-electron chi connectivity index (χ3n) is 4.56. The van der Waals surface area contributed by atoms with Gasteiger partial charge in [-0.2, -0.15) is 0 Å². The first-order chi connectivity index (χ1) is 15.9. The summed E-state index contributed by atoms with van der Waals surface area (Å²) < 4.78 is 44.9. The molecule has 34 heavy (non-hydrogen) atoms. The SMILES string of the molecule is NS(=O)(=O)c1ccc(NC(=O)NCCCCCCNC(=O)Nc2ccc(S(N)(=O)=O)cc2)cc1. The van der Waals surface area contributed by atoms with Crippen molar-refractivity contribution >= 4 is 43.5 Å². The van der Waals surface area contributed by atoms with Gasteiger partial charge < -0.3 is 21.3 Å². The van der Waals surface area contributed by atoms with E-state index in [1.54, 1.807) is 0 Å². The topological polar surface area (TPSA) is 203 Å². The number of anilines is 2. The minimum atomic E-state index is -3.78. The molecule has 0 fully saturated rings. The highest BCUT2D eigenvalue weighted by molar-refractivity contribution is 7.89. The molecule has 0 saturated carbocycles. The van der Waals surface area contributed by atoms with Crippen molar-refractivity contribution in [2.45, 2.75) is 35.5 Å². The van der Waals surface area contributed by atoms with Crippen molar-refractivity contribution in [3.8, 4) is 0 Å². The largest absolute Gasteiger partial charge is 0.338 e. The molecule has 186 valence electrons. The number of carbonyl (C=O) groups excluding carboxylic acids is 2. The number of rotatable bonds is 11. The number of amides is 4. The van der Waals surface area contributed by atoms with Crippen LogP contribution in [0.15, 0.2) is 58.3 Å². The number of nitrogens with two attached hydrogens (primary N) is 2. The predicted octanol–water partition coefficient (Wildman–Crippen LogP) is 1.49. The molecule has 0 heterocycles. The van der Waals surface area contributed by atoms with Crippen LogP contribution in [-0.2, 0) is 20.0 Å². The number of sulfonamides is 2. The van der Waals surface area contributed by atoms with Gasteiger partial charge in [0.2, 0.25) is 20.0 Å². The zero-order valence-electron chi connectivity index (χ0n) is 18.3. The minimum Gasteiger partial charge on any atom is -0.338 e. The molecule has 2 aromatic carbocycles. The highest BCUT2D eigenvalue weighted by Gasteiger charge is 2.09. The molecular weight excluding hydrogens is 484 g/mol. The normalized spacial score (nSPS) is 11.5. The molecule has 0 aliphatic rings. The lowest BCUT2D eigenvalue weighted by Gasteiger charge is -2.09. The van der Waals surface area contributed by atoms with Crippen molar-refractivity contribution in [3.63, 3.8) is 0 Å². The Hall–Kier alpha value is -3.20. The van der Waals surface area contributed by atoms with Crippen molar-refractivity contribution in [2.24, 2.45) is 10.3 Å². The number of primary sulfonamides is 2. The van der Waals surface area contributed by atoms with Crippen LogP contribution in [0.4, 0.5) is 21.0 Å². The van der Waals surface area contributed by atoms with Crippen molar-refractivity contribution in [3.05, 3.63) is 48.5 Å². The molecule has 0 aliphatic carbocycles. The Labute approximate surface area is 198 Å². The fourth-order valence-electron chi connectivity index (χ4n) is 2.81. The highest BCUT2D eigenvalue weighted by atomic mass is 32.2. The average Bonchev–Trinajstić information content (AvgIpc) is 2.75. The van der Waals surface area contributed by atoms with Gasteiger partial charge in [-0.25, -0.2) is 36.7 Å². The maximum Gasteiger partial charge on any atom is 0.319 e. The van der Waals surface area contributed by atoms with E-state index in [2.05, 4.69) is 21.3 Å². The van der Waals surface area contributed by atoms with E-state index in [1.165, 1.54) is 48.5 Å². The maximum atomic E-state index is 11.9. The molecule has 0 unspecified atom stereocenters. The predicted molar refractivity (Wildman–Crippen MR) is 128 cm³/mol. The van der Waals surface area contributed by atoms with Crippen LogP contribution < -0.4 is 31.5 Å². The van der Waals surface area contributed by atoms with Crippen LogP contribution in [0.1, 0.15) is 25.7 Å². The number of benzene rings is 2. The molecule has 0 aromatic heterocycles. The molecule has 12 nitrogen and oxygen atoms in total. The number of unbranched alkanes of at least 4 members (excludes halogenated alkanes) is 3. The van der Waals surface area contributed by atoms with Crippen LogP contribution in [0.3, 0.4) is 0 Å². The molecule has 0 saturated heterocycles. The van der Waals surface area contributed by atoms with Crippen molar-refractivity contribution in [2.75, 3.05) is 23.7 Å². The van der Waals surface area contributed by atoms with Crippen LogP contribution in [0.25, 0.3) is 0 Å². The quantitative estimate of drug-likeness (QED) is 0.246.